The minimum absolute atomic E-state index is 0.0716. The molecule has 0 radical (unpaired) electrons. The first-order valence-electron chi connectivity index (χ1n) is 12.8. The number of rotatable bonds is 8. The fourth-order valence-electron chi connectivity index (χ4n) is 5.13. The Morgan fingerprint density at radius 3 is 2.70 bits per heavy atom. The topological polar surface area (TPSA) is 153 Å². The Labute approximate surface area is 235 Å². The normalized spacial score (nSPS) is 19.6. The lowest BCUT2D eigenvalue weighted by molar-refractivity contribution is -0.128. The summed E-state index contributed by atoms with van der Waals surface area (Å²) < 4.78 is 42.8. The van der Waals surface area contributed by atoms with Crippen LogP contribution in [0.25, 0.3) is 22.4 Å². The first kappa shape index (κ1) is 27.9. The van der Waals surface area contributed by atoms with Gasteiger partial charge in [0.1, 0.15) is 0 Å². The van der Waals surface area contributed by atoms with Gasteiger partial charge in [-0.05, 0) is 50.3 Å². The van der Waals surface area contributed by atoms with Crippen molar-refractivity contribution in [1.82, 2.24) is 18.9 Å². The van der Waals surface area contributed by atoms with Crippen molar-refractivity contribution < 1.29 is 22.7 Å². The Morgan fingerprint density at radius 2 is 1.98 bits per heavy atom. The molecule has 1 amide bonds. The predicted molar refractivity (Wildman–Crippen MR) is 149 cm³/mol. The van der Waals surface area contributed by atoms with Crippen LogP contribution in [-0.2, 0) is 14.8 Å². The van der Waals surface area contributed by atoms with Crippen LogP contribution < -0.4 is 11.1 Å². The van der Waals surface area contributed by atoms with Gasteiger partial charge in [-0.2, -0.15) is 0 Å². The number of carbonyl (C=O) groups is 1. The van der Waals surface area contributed by atoms with Gasteiger partial charge in [-0.25, -0.2) is 31.7 Å². The van der Waals surface area contributed by atoms with Gasteiger partial charge < -0.3 is 16.2 Å². The predicted octanol–water partition coefficient (Wildman–Crippen LogP) is 3.90. The maximum atomic E-state index is 14.7. The molecule has 3 aromatic heterocycles. The van der Waals surface area contributed by atoms with E-state index in [0.29, 0.717) is 23.8 Å². The fraction of sp³-hybridized carbons (Fsp3) is 0.333. The average Bonchev–Trinajstić information content (AvgIpc) is 3.30. The molecule has 0 aliphatic heterocycles. The Kier molecular flexibility index (Phi) is 7.76. The molecule has 1 aliphatic carbocycles. The third-order valence-corrected chi connectivity index (χ3v) is 9.17. The highest BCUT2D eigenvalue weighted by molar-refractivity contribution is 7.90. The zero-order valence-electron chi connectivity index (χ0n) is 21.6. The van der Waals surface area contributed by atoms with Crippen molar-refractivity contribution in [2.24, 2.45) is 17.6 Å². The summed E-state index contributed by atoms with van der Waals surface area (Å²) in [4.78, 5) is 24.4. The first-order chi connectivity index (χ1) is 19.1. The van der Waals surface area contributed by atoms with Crippen LogP contribution in [0.1, 0.15) is 31.2 Å². The molecule has 10 nitrogen and oxygen atoms in total. The summed E-state index contributed by atoms with van der Waals surface area (Å²) in [5.41, 5.74) is 6.75. The second-order valence-electron chi connectivity index (χ2n) is 9.98. The summed E-state index contributed by atoms with van der Waals surface area (Å²) in [6.07, 6.45) is 5.36. The molecule has 1 fully saturated rings. The summed E-state index contributed by atoms with van der Waals surface area (Å²) in [6, 6.07) is 7.98. The molecule has 5 rings (SSSR count). The number of anilines is 1. The highest BCUT2D eigenvalue weighted by Gasteiger charge is 2.34. The van der Waals surface area contributed by atoms with Crippen LogP contribution in [0.3, 0.4) is 0 Å². The quantitative estimate of drug-likeness (QED) is 0.281. The fourth-order valence-corrected chi connectivity index (χ4v) is 6.61. The van der Waals surface area contributed by atoms with Crippen LogP contribution in [0.5, 0.6) is 0 Å². The number of aromatic nitrogens is 4. The third-order valence-electron chi connectivity index (χ3n) is 7.30. The molecule has 0 saturated heterocycles. The van der Waals surface area contributed by atoms with E-state index in [9.17, 15) is 22.7 Å². The van der Waals surface area contributed by atoms with Gasteiger partial charge in [0.25, 0.3) is 10.0 Å². The number of fused-ring (bicyclic) bond motifs is 1. The molecule has 1 aliphatic rings. The molecule has 1 saturated carbocycles. The Balaban J connectivity index is 1.45. The van der Waals surface area contributed by atoms with E-state index in [0.717, 1.165) is 28.6 Å². The summed E-state index contributed by atoms with van der Waals surface area (Å²) in [6.45, 7) is 2.13. The number of carbonyl (C=O) groups excluding carboxylic acids is 1. The number of aryl methyl sites for hydroxylation is 1. The monoisotopic (exact) mass is 586 g/mol. The molecule has 40 heavy (non-hydrogen) atoms. The number of aliphatic hydroxyl groups is 1. The summed E-state index contributed by atoms with van der Waals surface area (Å²) in [5, 5.41) is 14.1. The SMILES string of the molecule is Cc1ccc(S(=O)(=O)n2cc(-c3ncc(F)c(NCCC4CCCC(C(N)=O)C4O)n3)c3cc(Cl)cnc32)cc1. The van der Waals surface area contributed by atoms with Gasteiger partial charge in [-0.3, -0.25) is 4.79 Å². The number of nitrogens with zero attached hydrogens (tertiary/aromatic N) is 4. The minimum Gasteiger partial charge on any atom is -0.392 e. The zero-order valence-corrected chi connectivity index (χ0v) is 23.2. The van der Waals surface area contributed by atoms with Gasteiger partial charge in [0, 0.05) is 29.9 Å². The van der Waals surface area contributed by atoms with Gasteiger partial charge in [-0.1, -0.05) is 35.7 Å². The standard InChI is InChI=1S/C27H28ClFN6O4S/c1-15-5-7-18(8-6-15)40(38,39)35-14-21(20-11-17(28)12-33-27(20)35)25-32-13-22(29)26(34-25)31-10-9-16-3-2-4-19(23(16)36)24(30)37/h5-8,11-14,16,19,23,36H,2-4,9-10H2,1H3,(H2,30,37)(H,31,32,34). The molecule has 0 bridgehead atoms. The second kappa shape index (κ2) is 11.1. The highest BCUT2D eigenvalue weighted by Crippen LogP contribution is 2.34. The third kappa shape index (κ3) is 5.38. The molecule has 3 atom stereocenters. The number of halogens is 2. The van der Waals surface area contributed by atoms with E-state index in [-0.39, 0.29) is 39.7 Å². The molecule has 3 heterocycles. The number of amides is 1. The summed E-state index contributed by atoms with van der Waals surface area (Å²) in [7, 11) is -4.03. The van der Waals surface area contributed by atoms with Crippen molar-refractivity contribution in [3.63, 3.8) is 0 Å². The zero-order chi connectivity index (χ0) is 28.6. The lowest BCUT2D eigenvalue weighted by atomic mass is 9.77. The van der Waals surface area contributed by atoms with Crippen LogP contribution in [0.15, 0.2) is 53.8 Å². The molecule has 1 aromatic carbocycles. The Hall–Kier alpha value is -3.61. The number of primary amides is 1. The minimum atomic E-state index is -4.03. The van der Waals surface area contributed by atoms with Crippen LogP contribution >= 0.6 is 11.6 Å². The lowest BCUT2D eigenvalue weighted by Gasteiger charge is -2.33. The van der Waals surface area contributed by atoms with Crippen molar-refractivity contribution in [2.75, 3.05) is 11.9 Å². The van der Waals surface area contributed by atoms with Gasteiger partial charge in [-0.15, -0.1) is 0 Å². The number of hydrogen-bond acceptors (Lipinski definition) is 8. The smallest absolute Gasteiger partial charge is 0.269 e. The molecular formula is C27H28ClFN6O4S. The molecule has 4 aromatic rings. The summed E-state index contributed by atoms with van der Waals surface area (Å²) >= 11 is 6.19. The number of aliphatic hydroxyl groups excluding tert-OH is 1. The van der Waals surface area contributed by atoms with E-state index >= 15 is 0 Å². The molecular weight excluding hydrogens is 559 g/mol. The van der Waals surface area contributed by atoms with E-state index < -0.39 is 33.8 Å². The first-order valence-corrected chi connectivity index (χ1v) is 14.6. The van der Waals surface area contributed by atoms with Crippen LogP contribution in [0.4, 0.5) is 10.2 Å². The maximum Gasteiger partial charge on any atom is 0.269 e. The number of hydrogen-bond donors (Lipinski definition) is 3. The van der Waals surface area contributed by atoms with Crippen LogP contribution in [0.2, 0.25) is 5.02 Å². The van der Waals surface area contributed by atoms with Gasteiger partial charge in [0.2, 0.25) is 5.91 Å². The van der Waals surface area contributed by atoms with Gasteiger partial charge in [0.15, 0.2) is 23.1 Å². The van der Waals surface area contributed by atoms with Gasteiger partial charge in [0.05, 0.1) is 28.1 Å². The second-order valence-corrected chi connectivity index (χ2v) is 12.2. The van der Waals surface area contributed by atoms with Crippen molar-refractivity contribution in [3.05, 3.63) is 65.3 Å². The van der Waals surface area contributed by atoms with Crippen molar-refractivity contribution in [2.45, 2.75) is 43.6 Å². The van der Waals surface area contributed by atoms with Crippen molar-refractivity contribution >= 4 is 44.4 Å². The van der Waals surface area contributed by atoms with Crippen LogP contribution in [0, 0.1) is 24.6 Å². The molecule has 13 heteroatoms. The van der Waals surface area contributed by atoms with Crippen molar-refractivity contribution in [3.8, 4) is 11.4 Å². The largest absolute Gasteiger partial charge is 0.392 e. The lowest BCUT2D eigenvalue weighted by Crippen LogP contribution is -2.41. The van der Waals surface area contributed by atoms with Gasteiger partial charge >= 0.3 is 0 Å². The Bertz CT molecular complexity index is 1680. The molecule has 4 N–H and O–H groups in total. The van der Waals surface area contributed by atoms with E-state index in [1.165, 1.54) is 24.5 Å². The van der Waals surface area contributed by atoms with E-state index in [4.69, 9.17) is 17.3 Å². The molecule has 210 valence electrons. The van der Waals surface area contributed by atoms with E-state index in [1.807, 2.05) is 6.92 Å². The number of pyridine rings is 1. The van der Waals surface area contributed by atoms with Crippen molar-refractivity contribution in [1.29, 1.82) is 0 Å². The number of benzene rings is 1. The van der Waals surface area contributed by atoms with E-state index in [2.05, 4.69) is 20.3 Å². The average molecular weight is 587 g/mol. The van der Waals surface area contributed by atoms with Crippen LogP contribution in [-0.4, -0.2) is 51.0 Å². The summed E-state index contributed by atoms with van der Waals surface area (Å²) in [5.74, 6) is -1.98. The molecule has 0 spiro atoms. The number of nitrogens with two attached hydrogens (primary N) is 1. The molecule has 3 unspecified atom stereocenters. The number of nitrogens with one attached hydrogen (secondary N) is 1. The highest BCUT2D eigenvalue weighted by atomic mass is 35.5. The Morgan fingerprint density at radius 1 is 1.23 bits per heavy atom. The van der Waals surface area contributed by atoms with E-state index in [1.54, 1.807) is 18.2 Å². The maximum absolute atomic E-state index is 14.7.